The maximum atomic E-state index is 13.1. The first-order valence-electron chi connectivity index (χ1n) is 9.79. The van der Waals surface area contributed by atoms with Crippen LogP contribution in [-0.4, -0.2) is 13.0 Å². The monoisotopic (exact) mass is 620 g/mol. The van der Waals surface area contributed by atoms with Crippen molar-refractivity contribution >= 4 is 50.5 Å². The van der Waals surface area contributed by atoms with E-state index in [0.29, 0.717) is 22.3 Å². The molecule has 3 aromatic carbocycles. The Bertz CT molecular complexity index is 1180. The summed E-state index contributed by atoms with van der Waals surface area (Å²) in [6.07, 6.45) is 1.53. The minimum absolute atomic E-state index is 0.00816. The van der Waals surface area contributed by atoms with Crippen molar-refractivity contribution in [2.45, 2.75) is 13.2 Å². The van der Waals surface area contributed by atoms with Gasteiger partial charge in [0.25, 0.3) is 5.91 Å². The van der Waals surface area contributed by atoms with Crippen molar-refractivity contribution in [2.24, 2.45) is 0 Å². The van der Waals surface area contributed by atoms with Gasteiger partial charge in [0, 0.05) is 6.54 Å². The third kappa shape index (κ3) is 7.04. The molecule has 0 aliphatic rings. The summed E-state index contributed by atoms with van der Waals surface area (Å²) in [5, 5.41) is 12.2. The van der Waals surface area contributed by atoms with Crippen molar-refractivity contribution in [1.82, 2.24) is 5.32 Å². The van der Waals surface area contributed by atoms with Crippen LogP contribution >= 0.6 is 38.5 Å². The molecule has 0 saturated heterocycles. The zero-order valence-electron chi connectivity index (χ0n) is 17.6. The topological polar surface area (TPSA) is 71.3 Å². The van der Waals surface area contributed by atoms with Crippen LogP contribution in [0, 0.1) is 20.7 Å². The van der Waals surface area contributed by atoms with Gasteiger partial charge in [0.2, 0.25) is 0 Å². The maximum Gasteiger partial charge on any atom is 0.262 e. The minimum Gasteiger partial charge on any atom is -0.497 e. The van der Waals surface area contributed by atoms with Crippen molar-refractivity contribution in [3.05, 3.63) is 96.8 Å². The highest BCUT2D eigenvalue weighted by atomic mass is 127. The molecule has 0 saturated carbocycles. The predicted octanol–water partition coefficient (Wildman–Crippen LogP) is 6.00. The summed E-state index contributed by atoms with van der Waals surface area (Å²) >= 11 is 5.62. The average molecular weight is 621 g/mol. The van der Waals surface area contributed by atoms with E-state index in [1.165, 1.54) is 18.2 Å². The lowest BCUT2D eigenvalue weighted by Crippen LogP contribution is -2.23. The average Bonchev–Trinajstić information content (AvgIpc) is 2.82. The predicted molar refractivity (Wildman–Crippen MR) is 136 cm³/mol. The van der Waals surface area contributed by atoms with Gasteiger partial charge in [-0.3, -0.25) is 4.79 Å². The number of hydrogen-bond donors (Lipinski definition) is 1. The number of carbonyl (C=O) groups excluding carboxylic acids is 1. The number of nitrogens with one attached hydrogen (secondary N) is 1. The summed E-state index contributed by atoms with van der Waals surface area (Å²) in [5.41, 5.74) is 2.40. The van der Waals surface area contributed by atoms with E-state index < -0.39 is 5.91 Å². The van der Waals surface area contributed by atoms with E-state index in [1.54, 1.807) is 25.3 Å². The van der Waals surface area contributed by atoms with E-state index in [-0.39, 0.29) is 18.0 Å². The van der Waals surface area contributed by atoms with Crippen LogP contribution in [0.25, 0.3) is 6.08 Å². The van der Waals surface area contributed by atoms with Crippen LogP contribution in [0.2, 0.25) is 0 Å². The molecule has 0 aromatic heterocycles. The fourth-order valence-corrected chi connectivity index (χ4v) is 4.64. The first-order chi connectivity index (χ1) is 15.9. The maximum absolute atomic E-state index is 13.1. The molecule has 8 heteroatoms. The Balaban J connectivity index is 1.68. The van der Waals surface area contributed by atoms with Gasteiger partial charge >= 0.3 is 0 Å². The third-order valence-electron chi connectivity index (χ3n) is 4.61. The number of nitriles is 1. The number of methoxy groups -OCH3 is 1. The zero-order chi connectivity index (χ0) is 23.8. The Labute approximate surface area is 213 Å². The number of hydrogen-bond acceptors (Lipinski definition) is 4. The molecule has 0 heterocycles. The molecule has 1 N–H and O–H groups in total. The van der Waals surface area contributed by atoms with E-state index in [2.05, 4.69) is 43.8 Å². The Morgan fingerprint density at radius 3 is 2.42 bits per heavy atom. The smallest absolute Gasteiger partial charge is 0.262 e. The Morgan fingerprint density at radius 1 is 1.15 bits per heavy atom. The van der Waals surface area contributed by atoms with Crippen molar-refractivity contribution in [1.29, 1.82) is 5.26 Å². The van der Waals surface area contributed by atoms with E-state index in [9.17, 15) is 14.4 Å². The molecule has 0 spiro atoms. The number of ether oxygens (including phenoxy) is 2. The number of nitrogens with zero attached hydrogens (tertiary/aromatic N) is 1. The van der Waals surface area contributed by atoms with Crippen LogP contribution < -0.4 is 14.8 Å². The second kappa shape index (κ2) is 11.8. The van der Waals surface area contributed by atoms with Gasteiger partial charge in [0.1, 0.15) is 35.6 Å². The summed E-state index contributed by atoms with van der Waals surface area (Å²) in [6.45, 7) is 0.570. The molecule has 0 unspecified atom stereocenters. The molecule has 3 rings (SSSR count). The Kier molecular flexibility index (Phi) is 8.86. The van der Waals surface area contributed by atoms with Gasteiger partial charge in [-0.2, -0.15) is 5.26 Å². The molecular weight excluding hydrogens is 602 g/mol. The van der Waals surface area contributed by atoms with Crippen LogP contribution in [0.4, 0.5) is 4.39 Å². The van der Waals surface area contributed by atoms with Gasteiger partial charge in [-0.1, -0.05) is 24.3 Å². The van der Waals surface area contributed by atoms with E-state index in [4.69, 9.17) is 9.47 Å². The van der Waals surface area contributed by atoms with Gasteiger partial charge in [-0.25, -0.2) is 4.39 Å². The highest BCUT2D eigenvalue weighted by molar-refractivity contribution is 14.1. The van der Waals surface area contributed by atoms with Crippen LogP contribution in [0.15, 0.2) is 70.7 Å². The third-order valence-corrected chi connectivity index (χ3v) is 6.00. The highest BCUT2D eigenvalue weighted by Crippen LogP contribution is 2.33. The van der Waals surface area contributed by atoms with E-state index in [1.807, 2.05) is 36.4 Å². The Hall–Kier alpha value is -2.90. The first-order valence-corrected chi connectivity index (χ1v) is 11.7. The normalized spacial score (nSPS) is 10.9. The molecule has 5 nitrogen and oxygen atoms in total. The van der Waals surface area contributed by atoms with Crippen LogP contribution in [-0.2, 0) is 17.9 Å². The number of carbonyl (C=O) groups is 1. The lowest BCUT2D eigenvalue weighted by atomic mass is 10.1. The quantitative estimate of drug-likeness (QED) is 0.190. The molecule has 0 aliphatic carbocycles. The van der Waals surface area contributed by atoms with Crippen molar-refractivity contribution in [3.8, 4) is 17.6 Å². The number of halogens is 3. The standard InChI is InChI=1S/C25H19BrFIN2O3/c1-32-21-8-4-16(5-9-21)14-30-25(31)19(13-29)10-18-11-22(26)24(23(28)12-18)33-15-17-2-6-20(27)7-3-17/h2-12H,14-15H2,1H3,(H,30,31)/b19-10-. The zero-order valence-corrected chi connectivity index (χ0v) is 21.3. The second-order valence-corrected chi connectivity index (χ2v) is 8.95. The highest BCUT2D eigenvalue weighted by Gasteiger charge is 2.12. The molecule has 168 valence electrons. The molecule has 0 radical (unpaired) electrons. The van der Waals surface area contributed by atoms with Crippen LogP contribution in [0.5, 0.6) is 11.5 Å². The summed E-state index contributed by atoms with van der Waals surface area (Å²) in [6, 6.07) is 19.0. The number of rotatable bonds is 8. The summed E-state index contributed by atoms with van der Waals surface area (Å²) in [4.78, 5) is 12.5. The largest absolute Gasteiger partial charge is 0.497 e. The van der Waals surface area contributed by atoms with Crippen molar-refractivity contribution in [2.75, 3.05) is 7.11 Å². The molecule has 0 atom stereocenters. The summed E-state index contributed by atoms with van der Waals surface area (Å²) < 4.78 is 25.5. The lowest BCUT2D eigenvalue weighted by molar-refractivity contribution is -0.117. The fraction of sp³-hybridized carbons (Fsp3) is 0.120. The molecule has 3 aromatic rings. The number of benzene rings is 3. The first kappa shape index (κ1) is 24.7. The lowest BCUT2D eigenvalue weighted by Gasteiger charge is -2.12. The van der Waals surface area contributed by atoms with E-state index in [0.717, 1.165) is 20.4 Å². The molecular formula is C25H19BrFIN2O3. The SMILES string of the molecule is COc1ccc(CNC(=O)/C(C#N)=C\c2cc(Br)c(OCc3ccc(F)cc3)c(I)c2)cc1. The van der Waals surface area contributed by atoms with Gasteiger partial charge in [-0.05, 0) is 97.7 Å². The molecule has 0 bridgehead atoms. The summed E-state index contributed by atoms with van der Waals surface area (Å²) in [5.74, 6) is 0.593. The number of amides is 1. The molecule has 1 amide bonds. The van der Waals surface area contributed by atoms with Crippen LogP contribution in [0.3, 0.4) is 0 Å². The van der Waals surface area contributed by atoms with Crippen molar-refractivity contribution < 1.29 is 18.7 Å². The molecule has 33 heavy (non-hydrogen) atoms. The van der Waals surface area contributed by atoms with Gasteiger partial charge < -0.3 is 14.8 Å². The Morgan fingerprint density at radius 2 is 1.82 bits per heavy atom. The summed E-state index contributed by atoms with van der Waals surface area (Å²) in [7, 11) is 1.59. The fourth-order valence-electron chi connectivity index (χ4n) is 2.87. The second-order valence-electron chi connectivity index (χ2n) is 6.93. The van der Waals surface area contributed by atoms with Gasteiger partial charge in [0.15, 0.2) is 0 Å². The van der Waals surface area contributed by atoms with Crippen LogP contribution in [0.1, 0.15) is 16.7 Å². The van der Waals surface area contributed by atoms with Gasteiger partial charge in [-0.15, -0.1) is 0 Å². The molecule has 0 fully saturated rings. The van der Waals surface area contributed by atoms with Gasteiger partial charge in [0.05, 0.1) is 15.2 Å². The van der Waals surface area contributed by atoms with Crippen molar-refractivity contribution in [3.63, 3.8) is 0 Å². The van der Waals surface area contributed by atoms with E-state index >= 15 is 0 Å². The minimum atomic E-state index is -0.462. The molecule has 0 aliphatic heterocycles.